The van der Waals surface area contributed by atoms with Crippen LogP contribution in [0.4, 0.5) is 4.79 Å². The highest BCUT2D eigenvalue weighted by Gasteiger charge is 2.17. The van der Waals surface area contributed by atoms with Crippen molar-refractivity contribution in [1.29, 1.82) is 0 Å². The summed E-state index contributed by atoms with van der Waals surface area (Å²) in [6.07, 6.45) is 0. The quantitative estimate of drug-likeness (QED) is 0.864. The van der Waals surface area contributed by atoms with Crippen LogP contribution in [-0.2, 0) is 0 Å². The van der Waals surface area contributed by atoms with E-state index in [1.165, 1.54) is 0 Å². The van der Waals surface area contributed by atoms with Gasteiger partial charge in [0.05, 0.1) is 6.04 Å². The highest BCUT2D eigenvalue weighted by molar-refractivity contribution is 9.10. The lowest BCUT2D eigenvalue weighted by atomic mass is 10.1. The Morgan fingerprint density at radius 1 is 1.32 bits per heavy atom. The van der Waals surface area contributed by atoms with E-state index in [1.807, 2.05) is 43.0 Å². The molecule has 0 aliphatic heterocycles. The van der Waals surface area contributed by atoms with Crippen LogP contribution in [0.3, 0.4) is 0 Å². The molecule has 0 spiro atoms. The van der Waals surface area contributed by atoms with Gasteiger partial charge in [-0.3, -0.25) is 0 Å². The number of hydrogen-bond donors (Lipinski definition) is 1. The Kier molecular flexibility index (Phi) is 6.35. The SMILES string of the molecule is CCN(CC(C)C)C(=O)NC(C)c1ccccc1Br. The van der Waals surface area contributed by atoms with Crippen molar-refractivity contribution in [1.82, 2.24) is 10.2 Å². The topological polar surface area (TPSA) is 32.3 Å². The summed E-state index contributed by atoms with van der Waals surface area (Å²) in [5, 5.41) is 3.05. The molecule has 1 rings (SSSR count). The van der Waals surface area contributed by atoms with Gasteiger partial charge in [-0.15, -0.1) is 0 Å². The number of amides is 2. The second kappa shape index (κ2) is 7.53. The van der Waals surface area contributed by atoms with E-state index in [0.717, 1.165) is 23.1 Å². The van der Waals surface area contributed by atoms with Crippen molar-refractivity contribution in [3.63, 3.8) is 0 Å². The van der Waals surface area contributed by atoms with Crippen LogP contribution in [0.1, 0.15) is 39.3 Å². The molecule has 1 N–H and O–H groups in total. The van der Waals surface area contributed by atoms with Gasteiger partial charge in [0.2, 0.25) is 0 Å². The minimum Gasteiger partial charge on any atom is -0.331 e. The molecular weight excluding hydrogens is 304 g/mol. The van der Waals surface area contributed by atoms with E-state index in [0.29, 0.717) is 5.92 Å². The van der Waals surface area contributed by atoms with E-state index < -0.39 is 0 Å². The number of nitrogens with zero attached hydrogens (tertiary/aromatic N) is 1. The molecule has 0 saturated carbocycles. The molecule has 19 heavy (non-hydrogen) atoms. The Bertz CT molecular complexity index is 420. The molecular formula is C15H23BrN2O. The number of urea groups is 1. The van der Waals surface area contributed by atoms with E-state index in [9.17, 15) is 4.79 Å². The molecule has 1 atom stereocenters. The third-order valence-electron chi connectivity index (χ3n) is 2.97. The molecule has 0 aliphatic carbocycles. The standard InChI is InChI=1S/C15H23BrN2O/c1-5-18(10-11(2)3)15(19)17-12(4)13-8-6-7-9-14(13)16/h6-9,11-12H,5,10H2,1-4H3,(H,17,19). The molecule has 2 amide bonds. The van der Waals surface area contributed by atoms with Gasteiger partial charge in [-0.05, 0) is 31.4 Å². The zero-order valence-corrected chi connectivity index (χ0v) is 13.7. The number of hydrogen-bond acceptors (Lipinski definition) is 1. The van der Waals surface area contributed by atoms with E-state index in [1.54, 1.807) is 0 Å². The molecule has 4 heteroatoms. The summed E-state index contributed by atoms with van der Waals surface area (Å²) >= 11 is 3.52. The maximum absolute atomic E-state index is 12.2. The molecule has 0 aromatic heterocycles. The van der Waals surface area contributed by atoms with E-state index in [4.69, 9.17) is 0 Å². The maximum atomic E-state index is 12.2. The summed E-state index contributed by atoms with van der Waals surface area (Å²) in [5.41, 5.74) is 1.09. The largest absolute Gasteiger partial charge is 0.331 e. The Hall–Kier alpha value is -1.03. The third kappa shape index (κ3) is 4.86. The van der Waals surface area contributed by atoms with Gasteiger partial charge in [-0.25, -0.2) is 4.79 Å². The smallest absolute Gasteiger partial charge is 0.317 e. The fourth-order valence-corrected chi connectivity index (χ4v) is 2.61. The molecule has 106 valence electrons. The highest BCUT2D eigenvalue weighted by Crippen LogP contribution is 2.22. The summed E-state index contributed by atoms with van der Waals surface area (Å²) in [6.45, 7) is 9.75. The lowest BCUT2D eigenvalue weighted by Gasteiger charge is -2.26. The molecule has 0 bridgehead atoms. The van der Waals surface area contributed by atoms with Crippen LogP contribution in [-0.4, -0.2) is 24.0 Å². The number of rotatable bonds is 5. The molecule has 0 radical (unpaired) electrons. The van der Waals surface area contributed by atoms with Crippen molar-refractivity contribution in [2.24, 2.45) is 5.92 Å². The van der Waals surface area contributed by atoms with Gasteiger partial charge in [0.15, 0.2) is 0 Å². The fourth-order valence-electron chi connectivity index (χ4n) is 1.98. The van der Waals surface area contributed by atoms with Crippen LogP contribution in [0, 0.1) is 5.92 Å². The van der Waals surface area contributed by atoms with E-state index in [-0.39, 0.29) is 12.1 Å². The lowest BCUT2D eigenvalue weighted by molar-refractivity contribution is 0.190. The molecule has 1 aromatic rings. The molecule has 0 fully saturated rings. The Labute approximate surface area is 124 Å². The Morgan fingerprint density at radius 3 is 2.47 bits per heavy atom. The Morgan fingerprint density at radius 2 is 1.95 bits per heavy atom. The van der Waals surface area contributed by atoms with Crippen molar-refractivity contribution < 1.29 is 4.79 Å². The van der Waals surface area contributed by atoms with Gasteiger partial charge >= 0.3 is 6.03 Å². The predicted molar refractivity (Wildman–Crippen MR) is 83.2 cm³/mol. The Balaban J connectivity index is 2.68. The predicted octanol–water partition coefficient (Wildman–Crippen LogP) is 4.20. The lowest BCUT2D eigenvalue weighted by Crippen LogP contribution is -2.42. The first kappa shape index (κ1) is 16.0. The van der Waals surface area contributed by atoms with Crippen LogP contribution >= 0.6 is 15.9 Å². The van der Waals surface area contributed by atoms with Gasteiger partial charge in [-0.2, -0.15) is 0 Å². The van der Waals surface area contributed by atoms with Crippen LogP contribution in [0.5, 0.6) is 0 Å². The van der Waals surface area contributed by atoms with E-state index in [2.05, 4.69) is 35.1 Å². The maximum Gasteiger partial charge on any atom is 0.317 e. The number of carbonyl (C=O) groups is 1. The molecule has 0 aliphatic rings. The minimum atomic E-state index is -0.00992. The molecule has 0 heterocycles. The van der Waals surface area contributed by atoms with Gasteiger partial charge in [0.25, 0.3) is 0 Å². The normalized spacial score (nSPS) is 12.3. The van der Waals surface area contributed by atoms with Crippen molar-refractivity contribution in [3.8, 4) is 0 Å². The highest BCUT2D eigenvalue weighted by atomic mass is 79.9. The number of halogens is 1. The first-order valence-electron chi connectivity index (χ1n) is 6.75. The number of nitrogens with one attached hydrogen (secondary N) is 1. The summed E-state index contributed by atoms with van der Waals surface area (Å²) < 4.78 is 1.02. The first-order chi connectivity index (χ1) is 8.95. The van der Waals surface area contributed by atoms with Gasteiger partial charge in [0, 0.05) is 17.6 Å². The molecule has 1 aromatic carbocycles. The molecule has 3 nitrogen and oxygen atoms in total. The van der Waals surface area contributed by atoms with Crippen molar-refractivity contribution in [3.05, 3.63) is 34.3 Å². The minimum absolute atomic E-state index is 0.000506. The fraction of sp³-hybridized carbons (Fsp3) is 0.533. The van der Waals surface area contributed by atoms with Crippen LogP contribution < -0.4 is 5.32 Å². The van der Waals surface area contributed by atoms with Crippen LogP contribution in [0.15, 0.2) is 28.7 Å². The molecule has 1 unspecified atom stereocenters. The van der Waals surface area contributed by atoms with Gasteiger partial charge in [-0.1, -0.05) is 48.0 Å². The number of benzene rings is 1. The van der Waals surface area contributed by atoms with Crippen LogP contribution in [0.25, 0.3) is 0 Å². The van der Waals surface area contributed by atoms with E-state index >= 15 is 0 Å². The third-order valence-corrected chi connectivity index (χ3v) is 3.69. The van der Waals surface area contributed by atoms with Crippen molar-refractivity contribution >= 4 is 22.0 Å². The summed E-state index contributed by atoms with van der Waals surface area (Å²) in [7, 11) is 0. The zero-order valence-electron chi connectivity index (χ0n) is 12.1. The monoisotopic (exact) mass is 326 g/mol. The second-order valence-electron chi connectivity index (χ2n) is 5.13. The van der Waals surface area contributed by atoms with Crippen molar-refractivity contribution in [2.45, 2.75) is 33.7 Å². The van der Waals surface area contributed by atoms with Crippen LogP contribution in [0.2, 0.25) is 0 Å². The first-order valence-corrected chi connectivity index (χ1v) is 7.54. The summed E-state index contributed by atoms with van der Waals surface area (Å²) in [5.74, 6) is 0.476. The van der Waals surface area contributed by atoms with Gasteiger partial charge in [0.1, 0.15) is 0 Å². The average Bonchev–Trinajstić information content (AvgIpc) is 2.35. The second-order valence-corrected chi connectivity index (χ2v) is 5.98. The van der Waals surface area contributed by atoms with Gasteiger partial charge < -0.3 is 10.2 Å². The van der Waals surface area contributed by atoms with Crippen molar-refractivity contribution in [2.75, 3.05) is 13.1 Å². The number of carbonyl (C=O) groups excluding carboxylic acids is 1. The summed E-state index contributed by atoms with van der Waals surface area (Å²) in [4.78, 5) is 14.0. The average molecular weight is 327 g/mol. The summed E-state index contributed by atoms with van der Waals surface area (Å²) in [6, 6.07) is 7.95. The zero-order chi connectivity index (χ0) is 14.4. The molecule has 0 saturated heterocycles.